The molecule has 0 spiro atoms. The molecule has 60 heavy (non-hydrogen) atoms. The third kappa shape index (κ3) is 5.44. The van der Waals surface area contributed by atoms with Crippen molar-refractivity contribution in [3.63, 3.8) is 0 Å². The van der Waals surface area contributed by atoms with Crippen molar-refractivity contribution in [1.82, 2.24) is 24.1 Å². The lowest BCUT2D eigenvalue weighted by Gasteiger charge is -2.15. The van der Waals surface area contributed by atoms with E-state index in [-0.39, 0.29) is 0 Å². The second-order valence-electron chi connectivity index (χ2n) is 15.2. The fraction of sp³-hybridized carbons (Fsp3) is 0. The van der Waals surface area contributed by atoms with Gasteiger partial charge in [0.1, 0.15) is 0 Å². The third-order valence-corrected chi connectivity index (χ3v) is 11.7. The average molecular weight is 766 g/mol. The molecular weight excluding hydrogens is 731 g/mol. The first-order chi connectivity index (χ1) is 29.8. The van der Waals surface area contributed by atoms with Crippen LogP contribution < -0.4 is 0 Å². The molecule has 0 saturated carbocycles. The normalized spacial score (nSPS) is 11.7. The van der Waals surface area contributed by atoms with Crippen LogP contribution in [0.1, 0.15) is 0 Å². The zero-order valence-electron chi connectivity index (χ0n) is 32.4. The molecule has 12 rings (SSSR count). The number of para-hydroxylation sites is 3. The molecule has 5 heteroatoms. The van der Waals surface area contributed by atoms with E-state index in [1.807, 2.05) is 24.3 Å². The van der Waals surface area contributed by atoms with Gasteiger partial charge in [-0.3, -0.25) is 0 Å². The minimum absolute atomic E-state index is 0.621. The van der Waals surface area contributed by atoms with E-state index in [1.165, 1.54) is 32.6 Å². The number of benzene rings is 9. The molecule has 12 aromatic rings. The van der Waals surface area contributed by atoms with Crippen molar-refractivity contribution < 1.29 is 0 Å². The summed E-state index contributed by atoms with van der Waals surface area (Å²) >= 11 is 0. The van der Waals surface area contributed by atoms with Crippen LogP contribution in [-0.2, 0) is 0 Å². The molecular formula is C55H35N5. The Morgan fingerprint density at radius 3 is 1.43 bits per heavy atom. The molecule has 3 aromatic heterocycles. The van der Waals surface area contributed by atoms with Crippen LogP contribution in [0.2, 0.25) is 0 Å². The van der Waals surface area contributed by atoms with E-state index in [9.17, 15) is 0 Å². The molecule has 9 aromatic carbocycles. The standard InChI is InChI=1S/C55H35N5/c1-4-17-36(18-5-1)38-22-16-23-40(33-38)54-56-53(37-19-6-2-7-20-37)57-55(58-54)46-35-42(34-39-21-10-11-26-43(39)46)60-48-30-15-13-28-45(48)52-50(60)32-31-49-51(52)44-27-12-14-29-47(44)59(49)41-24-8-3-9-25-41/h1-35H. The van der Waals surface area contributed by atoms with E-state index in [0.29, 0.717) is 17.5 Å². The van der Waals surface area contributed by atoms with E-state index in [2.05, 4.69) is 197 Å². The van der Waals surface area contributed by atoms with Crippen LogP contribution in [0.3, 0.4) is 0 Å². The van der Waals surface area contributed by atoms with Gasteiger partial charge >= 0.3 is 0 Å². The first kappa shape index (κ1) is 33.9. The Hall–Kier alpha value is -8.15. The highest BCUT2D eigenvalue weighted by Gasteiger charge is 2.22. The topological polar surface area (TPSA) is 48.5 Å². The lowest BCUT2D eigenvalue weighted by atomic mass is 10.0. The molecule has 0 radical (unpaired) electrons. The Bertz CT molecular complexity index is 3590. The molecule has 0 aliphatic heterocycles. The van der Waals surface area contributed by atoms with E-state index in [0.717, 1.165) is 61.0 Å². The molecule has 0 aliphatic rings. The highest BCUT2D eigenvalue weighted by Crippen LogP contribution is 2.43. The quantitative estimate of drug-likeness (QED) is 0.169. The first-order valence-electron chi connectivity index (χ1n) is 20.3. The van der Waals surface area contributed by atoms with Crippen molar-refractivity contribution in [2.75, 3.05) is 0 Å². The number of aromatic nitrogens is 5. The Balaban J connectivity index is 1.12. The van der Waals surface area contributed by atoms with E-state index in [4.69, 9.17) is 15.0 Å². The summed E-state index contributed by atoms with van der Waals surface area (Å²) < 4.78 is 4.81. The van der Waals surface area contributed by atoms with Crippen LogP contribution in [0.5, 0.6) is 0 Å². The third-order valence-electron chi connectivity index (χ3n) is 11.7. The fourth-order valence-electron chi connectivity index (χ4n) is 9.07. The molecule has 0 N–H and O–H groups in total. The largest absolute Gasteiger partial charge is 0.309 e. The number of nitrogens with zero attached hydrogens (tertiary/aromatic N) is 5. The molecule has 0 unspecified atom stereocenters. The Morgan fingerprint density at radius 2 is 0.767 bits per heavy atom. The van der Waals surface area contributed by atoms with Gasteiger partial charge in [0.15, 0.2) is 17.5 Å². The van der Waals surface area contributed by atoms with Gasteiger partial charge in [0.05, 0.1) is 22.1 Å². The molecule has 3 heterocycles. The maximum Gasteiger partial charge on any atom is 0.164 e. The van der Waals surface area contributed by atoms with Gasteiger partial charge in [0.2, 0.25) is 0 Å². The predicted molar refractivity (Wildman–Crippen MR) is 248 cm³/mol. The second-order valence-corrected chi connectivity index (χ2v) is 15.2. The number of rotatable bonds is 6. The fourth-order valence-corrected chi connectivity index (χ4v) is 9.07. The zero-order chi connectivity index (χ0) is 39.6. The summed E-state index contributed by atoms with van der Waals surface area (Å²) in [7, 11) is 0. The van der Waals surface area contributed by atoms with Gasteiger partial charge in [-0.15, -0.1) is 0 Å². The van der Waals surface area contributed by atoms with E-state index >= 15 is 0 Å². The Morgan fingerprint density at radius 1 is 0.283 bits per heavy atom. The summed E-state index contributed by atoms with van der Waals surface area (Å²) in [6, 6.07) is 75.0. The highest BCUT2D eigenvalue weighted by atomic mass is 15.0. The summed E-state index contributed by atoms with van der Waals surface area (Å²) in [4.78, 5) is 15.7. The van der Waals surface area contributed by atoms with Crippen LogP contribution in [-0.4, -0.2) is 24.1 Å². The smallest absolute Gasteiger partial charge is 0.164 e. The minimum atomic E-state index is 0.621. The van der Waals surface area contributed by atoms with Crippen LogP contribution in [0, 0.1) is 0 Å². The van der Waals surface area contributed by atoms with Crippen molar-refractivity contribution in [1.29, 1.82) is 0 Å². The maximum absolute atomic E-state index is 5.30. The number of hydrogen-bond donors (Lipinski definition) is 0. The van der Waals surface area contributed by atoms with Crippen molar-refractivity contribution in [3.8, 4) is 56.7 Å². The minimum Gasteiger partial charge on any atom is -0.309 e. The van der Waals surface area contributed by atoms with Crippen molar-refractivity contribution >= 4 is 54.4 Å². The molecule has 0 bridgehead atoms. The van der Waals surface area contributed by atoms with Crippen LogP contribution in [0.4, 0.5) is 0 Å². The van der Waals surface area contributed by atoms with Crippen LogP contribution >= 0.6 is 0 Å². The van der Waals surface area contributed by atoms with Crippen LogP contribution in [0.25, 0.3) is 111 Å². The summed E-state index contributed by atoms with van der Waals surface area (Å²) in [6.45, 7) is 0. The number of hydrogen-bond acceptors (Lipinski definition) is 3. The van der Waals surface area contributed by atoms with Gasteiger partial charge in [0, 0.05) is 49.6 Å². The molecule has 0 aliphatic carbocycles. The van der Waals surface area contributed by atoms with E-state index < -0.39 is 0 Å². The first-order valence-corrected chi connectivity index (χ1v) is 20.3. The van der Waals surface area contributed by atoms with Crippen molar-refractivity contribution in [3.05, 3.63) is 212 Å². The number of fused-ring (bicyclic) bond motifs is 8. The van der Waals surface area contributed by atoms with Gasteiger partial charge < -0.3 is 9.13 Å². The monoisotopic (exact) mass is 765 g/mol. The lowest BCUT2D eigenvalue weighted by molar-refractivity contribution is 1.07. The zero-order valence-corrected chi connectivity index (χ0v) is 32.4. The van der Waals surface area contributed by atoms with Gasteiger partial charge in [-0.25, -0.2) is 15.0 Å². The van der Waals surface area contributed by atoms with Crippen molar-refractivity contribution in [2.24, 2.45) is 0 Å². The van der Waals surface area contributed by atoms with Crippen LogP contribution in [0.15, 0.2) is 212 Å². The summed E-state index contributed by atoms with van der Waals surface area (Å²) in [6.07, 6.45) is 0. The highest BCUT2D eigenvalue weighted by molar-refractivity contribution is 6.29. The molecule has 0 fully saturated rings. The van der Waals surface area contributed by atoms with E-state index in [1.54, 1.807) is 0 Å². The summed E-state index contributed by atoms with van der Waals surface area (Å²) in [5.41, 5.74) is 11.9. The maximum atomic E-state index is 5.30. The summed E-state index contributed by atoms with van der Waals surface area (Å²) in [5.74, 6) is 1.88. The molecule has 0 saturated heterocycles. The Labute approximate surface area is 346 Å². The SMILES string of the molecule is c1ccc(-c2cccc(-c3nc(-c4ccccc4)nc(-c4cc(-n5c6ccccc6c6c7c8ccccc8n(-c8ccccc8)c7ccc65)cc5ccccc45)n3)c2)cc1. The van der Waals surface area contributed by atoms with Crippen molar-refractivity contribution in [2.45, 2.75) is 0 Å². The Kier molecular flexibility index (Phi) is 7.78. The molecule has 0 amide bonds. The average Bonchev–Trinajstić information content (AvgIpc) is 3.85. The second kappa shape index (κ2) is 13.8. The predicted octanol–water partition coefficient (Wildman–Crippen LogP) is 13.9. The molecule has 5 nitrogen and oxygen atoms in total. The summed E-state index contributed by atoms with van der Waals surface area (Å²) in [5, 5.41) is 7.09. The lowest BCUT2D eigenvalue weighted by Crippen LogP contribution is -2.02. The van der Waals surface area contributed by atoms with Gasteiger partial charge in [-0.05, 0) is 76.5 Å². The van der Waals surface area contributed by atoms with Gasteiger partial charge in [0.25, 0.3) is 0 Å². The molecule has 280 valence electrons. The van der Waals surface area contributed by atoms with Gasteiger partial charge in [-0.2, -0.15) is 0 Å². The van der Waals surface area contributed by atoms with Gasteiger partial charge in [-0.1, -0.05) is 158 Å². The molecule has 0 atom stereocenters.